The Morgan fingerprint density at radius 3 is 2.45 bits per heavy atom. The number of hydrogen-bond acceptors (Lipinski definition) is 6. The van der Waals surface area contributed by atoms with Gasteiger partial charge in [-0.15, -0.1) is 0 Å². The monoisotopic (exact) mass is 528 g/mol. The normalized spacial score (nSPS) is 14.8. The maximum absolute atomic E-state index is 13.6. The largest absolute Gasteiger partial charge is 0.493 e. The van der Waals surface area contributed by atoms with Crippen molar-refractivity contribution in [1.82, 2.24) is 14.9 Å². The Balaban J connectivity index is 1.30. The van der Waals surface area contributed by atoms with Gasteiger partial charge in [0, 0.05) is 34.6 Å². The number of amides is 1. The lowest BCUT2D eigenvalue weighted by atomic mass is 10.0. The third-order valence-electron chi connectivity index (χ3n) is 7.15. The number of aromatic nitrogens is 2. The highest BCUT2D eigenvalue weighted by molar-refractivity contribution is 6.31. The van der Waals surface area contributed by atoms with Gasteiger partial charge < -0.3 is 19.7 Å². The van der Waals surface area contributed by atoms with Gasteiger partial charge in [-0.05, 0) is 84.8 Å². The number of ether oxygens (including phenoxy) is 2. The van der Waals surface area contributed by atoms with Gasteiger partial charge >= 0.3 is 0 Å². The van der Waals surface area contributed by atoms with Gasteiger partial charge in [0.1, 0.15) is 12.1 Å². The van der Waals surface area contributed by atoms with Gasteiger partial charge in [0.05, 0.1) is 19.7 Å². The molecule has 0 unspecified atom stereocenters. The van der Waals surface area contributed by atoms with E-state index >= 15 is 0 Å². The van der Waals surface area contributed by atoms with Gasteiger partial charge in [0.2, 0.25) is 0 Å². The van der Waals surface area contributed by atoms with Crippen LogP contribution in [0.2, 0.25) is 5.02 Å². The predicted molar refractivity (Wildman–Crippen MR) is 149 cm³/mol. The highest BCUT2D eigenvalue weighted by Gasteiger charge is 2.34. The molecule has 0 saturated heterocycles. The Hall–Kier alpha value is -3.84. The second-order valence-corrected chi connectivity index (χ2v) is 10.3. The van der Waals surface area contributed by atoms with Crippen LogP contribution in [0.1, 0.15) is 41.6 Å². The molecule has 0 bridgehead atoms. The van der Waals surface area contributed by atoms with E-state index in [4.69, 9.17) is 21.1 Å². The van der Waals surface area contributed by atoms with Crippen molar-refractivity contribution in [2.45, 2.75) is 44.3 Å². The molecule has 2 aliphatic rings. The summed E-state index contributed by atoms with van der Waals surface area (Å²) in [7, 11) is 3.15. The number of anilines is 1. The number of hydrogen-bond donors (Lipinski definition) is 1. The minimum atomic E-state index is -0.0476. The average molecular weight is 529 g/mol. The fraction of sp³-hybridized carbons (Fsp3) is 0.300. The van der Waals surface area contributed by atoms with Crippen LogP contribution in [0.15, 0.2) is 60.9 Å². The Morgan fingerprint density at radius 1 is 0.947 bits per heavy atom. The van der Waals surface area contributed by atoms with Crippen molar-refractivity contribution < 1.29 is 14.3 Å². The van der Waals surface area contributed by atoms with Gasteiger partial charge in [-0.2, -0.15) is 0 Å². The van der Waals surface area contributed by atoms with E-state index in [9.17, 15) is 4.79 Å². The van der Waals surface area contributed by atoms with E-state index in [0.717, 1.165) is 46.3 Å². The highest BCUT2D eigenvalue weighted by Crippen LogP contribution is 2.36. The summed E-state index contributed by atoms with van der Waals surface area (Å²) in [6, 6.07) is 18.2. The van der Waals surface area contributed by atoms with Crippen molar-refractivity contribution >= 4 is 34.2 Å². The van der Waals surface area contributed by atoms with Crippen LogP contribution in [0, 0.1) is 0 Å². The molecule has 0 aliphatic heterocycles. The van der Waals surface area contributed by atoms with E-state index in [0.29, 0.717) is 34.7 Å². The molecule has 1 amide bonds. The summed E-state index contributed by atoms with van der Waals surface area (Å²) in [5, 5.41) is 5.15. The van der Waals surface area contributed by atoms with Crippen LogP contribution in [-0.4, -0.2) is 47.1 Å². The number of halogens is 1. The first-order valence-electron chi connectivity index (χ1n) is 12.9. The summed E-state index contributed by atoms with van der Waals surface area (Å²) in [4.78, 5) is 24.4. The van der Waals surface area contributed by atoms with Crippen LogP contribution in [0.25, 0.3) is 22.0 Å². The summed E-state index contributed by atoms with van der Waals surface area (Å²) in [6.07, 6.45) is 5.92. The molecule has 38 heavy (non-hydrogen) atoms. The fourth-order valence-corrected chi connectivity index (χ4v) is 4.90. The summed E-state index contributed by atoms with van der Waals surface area (Å²) in [5.41, 5.74) is 4.45. The SMILES string of the molecule is COc1ccc(C(=O)N(Cc2cc(-c3ccc4ncnc(NC5CC5)c4c3)ccc2Cl)C2CC2)cc1OC. The highest BCUT2D eigenvalue weighted by atomic mass is 35.5. The molecule has 1 N–H and O–H groups in total. The summed E-state index contributed by atoms with van der Waals surface area (Å²) < 4.78 is 10.8. The van der Waals surface area contributed by atoms with E-state index in [-0.39, 0.29) is 11.9 Å². The number of carbonyl (C=O) groups excluding carboxylic acids is 1. The molecule has 2 aliphatic carbocycles. The number of rotatable bonds is 9. The Labute approximate surface area is 226 Å². The molecule has 6 rings (SSSR count). The van der Waals surface area contributed by atoms with Crippen molar-refractivity contribution in [2.75, 3.05) is 19.5 Å². The van der Waals surface area contributed by atoms with Crippen molar-refractivity contribution in [2.24, 2.45) is 0 Å². The Morgan fingerprint density at radius 2 is 1.71 bits per heavy atom. The number of nitrogens with one attached hydrogen (secondary N) is 1. The van der Waals surface area contributed by atoms with Gasteiger partial charge in [-0.1, -0.05) is 23.7 Å². The minimum Gasteiger partial charge on any atom is -0.493 e. The van der Waals surface area contributed by atoms with E-state index in [1.807, 2.05) is 23.1 Å². The van der Waals surface area contributed by atoms with Gasteiger partial charge in [0.15, 0.2) is 11.5 Å². The lowest BCUT2D eigenvalue weighted by Crippen LogP contribution is -2.32. The lowest BCUT2D eigenvalue weighted by molar-refractivity contribution is 0.0729. The maximum atomic E-state index is 13.6. The molecule has 2 saturated carbocycles. The summed E-state index contributed by atoms with van der Waals surface area (Å²) in [6.45, 7) is 0.426. The van der Waals surface area contributed by atoms with Crippen LogP contribution in [-0.2, 0) is 6.54 Å². The van der Waals surface area contributed by atoms with E-state index in [1.165, 1.54) is 12.8 Å². The number of methoxy groups -OCH3 is 2. The lowest BCUT2D eigenvalue weighted by Gasteiger charge is -2.24. The molecule has 2 fully saturated rings. The number of carbonyl (C=O) groups is 1. The fourth-order valence-electron chi connectivity index (χ4n) is 4.72. The minimum absolute atomic E-state index is 0.0476. The van der Waals surface area contributed by atoms with E-state index in [1.54, 1.807) is 38.7 Å². The molecule has 3 aromatic carbocycles. The molecule has 0 spiro atoms. The van der Waals surface area contributed by atoms with Crippen LogP contribution < -0.4 is 14.8 Å². The molecule has 0 radical (unpaired) electrons. The van der Waals surface area contributed by atoms with Crippen LogP contribution in [0.3, 0.4) is 0 Å². The predicted octanol–water partition coefficient (Wildman–Crippen LogP) is 6.35. The quantitative estimate of drug-likeness (QED) is 0.273. The van der Waals surface area contributed by atoms with Crippen LogP contribution in [0.4, 0.5) is 5.82 Å². The second-order valence-electron chi connectivity index (χ2n) is 9.91. The van der Waals surface area contributed by atoms with E-state index in [2.05, 4.69) is 33.5 Å². The van der Waals surface area contributed by atoms with E-state index < -0.39 is 0 Å². The van der Waals surface area contributed by atoms with Gasteiger partial charge in [0.25, 0.3) is 5.91 Å². The second kappa shape index (κ2) is 10.1. The molecule has 4 aromatic rings. The first-order valence-corrected chi connectivity index (χ1v) is 13.2. The zero-order valence-electron chi connectivity index (χ0n) is 21.4. The van der Waals surface area contributed by atoms with Crippen molar-refractivity contribution in [3.8, 4) is 22.6 Å². The Bertz CT molecular complexity index is 1520. The summed E-state index contributed by atoms with van der Waals surface area (Å²) >= 11 is 6.67. The maximum Gasteiger partial charge on any atom is 0.254 e. The summed E-state index contributed by atoms with van der Waals surface area (Å²) in [5.74, 6) is 1.95. The molecule has 0 atom stereocenters. The smallest absolute Gasteiger partial charge is 0.254 e. The van der Waals surface area contributed by atoms with Gasteiger partial charge in [-0.25, -0.2) is 9.97 Å². The Kier molecular flexibility index (Phi) is 6.54. The van der Waals surface area contributed by atoms with Crippen LogP contribution in [0.5, 0.6) is 11.5 Å². The van der Waals surface area contributed by atoms with Crippen molar-refractivity contribution in [1.29, 1.82) is 0 Å². The molecule has 7 nitrogen and oxygen atoms in total. The molecular weight excluding hydrogens is 500 g/mol. The molecule has 194 valence electrons. The molecule has 1 heterocycles. The topological polar surface area (TPSA) is 76.6 Å². The zero-order valence-corrected chi connectivity index (χ0v) is 22.2. The number of benzene rings is 3. The van der Waals surface area contributed by atoms with Crippen molar-refractivity contribution in [3.05, 3.63) is 77.1 Å². The first kappa shape index (κ1) is 24.5. The van der Waals surface area contributed by atoms with Crippen molar-refractivity contribution in [3.63, 3.8) is 0 Å². The first-order chi connectivity index (χ1) is 18.5. The number of fused-ring (bicyclic) bond motifs is 1. The molecule has 1 aromatic heterocycles. The average Bonchev–Trinajstić information content (AvgIpc) is 3.88. The number of nitrogens with zero attached hydrogens (tertiary/aromatic N) is 3. The van der Waals surface area contributed by atoms with Crippen LogP contribution >= 0.6 is 11.6 Å². The van der Waals surface area contributed by atoms with Gasteiger partial charge in [-0.3, -0.25) is 4.79 Å². The zero-order chi connectivity index (χ0) is 26.2. The third kappa shape index (κ3) is 4.98. The standard InChI is InChI=1S/C30H29ClN4O3/c1-37-27-12-5-20(15-28(27)38-2)30(36)35(23-8-9-23)16-21-13-18(3-10-25(21)31)19-4-11-26-24(14-19)29(33-17-32-26)34-22-6-7-22/h3-5,10-15,17,22-23H,6-9,16H2,1-2H3,(H,32,33,34). The molecule has 8 heteroatoms. The molecular formula is C30H29ClN4O3. The third-order valence-corrected chi connectivity index (χ3v) is 7.52.